The Morgan fingerprint density at radius 2 is 2.17 bits per heavy atom. The number of esters is 1. The SMILES string of the molecule is C=C1CC[C@@H]2[C@](C)(CO)[C@H](O)CC[C@@]2(C)[C@@H]1C/C=C1\C=COC1=O. The summed E-state index contributed by atoms with van der Waals surface area (Å²) in [6, 6.07) is 0. The van der Waals surface area contributed by atoms with E-state index in [4.69, 9.17) is 4.74 Å². The third kappa shape index (κ3) is 2.56. The summed E-state index contributed by atoms with van der Waals surface area (Å²) in [5, 5.41) is 20.5. The minimum atomic E-state index is -0.467. The molecular formula is C20H28O4. The van der Waals surface area contributed by atoms with Gasteiger partial charge in [-0.2, -0.15) is 0 Å². The van der Waals surface area contributed by atoms with E-state index in [-0.39, 0.29) is 29.8 Å². The minimum absolute atomic E-state index is 0.00374. The average molecular weight is 332 g/mol. The van der Waals surface area contributed by atoms with Gasteiger partial charge in [-0.15, -0.1) is 0 Å². The maximum atomic E-state index is 11.6. The predicted molar refractivity (Wildman–Crippen MR) is 91.8 cm³/mol. The second-order valence-electron chi connectivity index (χ2n) is 8.13. The molecule has 0 radical (unpaired) electrons. The van der Waals surface area contributed by atoms with E-state index in [1.807, 2.05) is 13.0 Å². The van der Waals surface area contributed by atoms with E-state index in [9.17, 15) is 15.0 Å². The number of fused-ring (bicyclic) bond motifs is 1. The molecule has 0 amide bonds. The second-order valence-corrected chi connectivity index (χ2v) is 8.13. The standard InChI is InChI=1S/C20H28O4/c1-13-4-7-16-19(2,10-8-17(22)20(16,3)12-21)15(13)6-5-14-9-11-24-18(14)23/h5,9,11,15-17,21-22H,1,4,6-8,10,12H2,2-3H3/b14-5+/t15-,16+,17-,19+,20+/m1/s1. The van der Waals surface area contributed by atoms with Gasteiger partial charge >= 0.3 is 5.97 Å². The molecule has 0 aromatic carbocycles. The molecule has 132 valence electrons. The van der Waals surface area contributed by atoms with Crippen molar-refractivity contribution in [2.45, 2.75) is 52.1 Å². The third-order valence-electron chi connectivity index (χ3n) is 6.93. The maximum absolute atomic E-state index is 11.6. The van der Waals surface area contributed by atoms with Crippen molar-refractivity contribution in [3.05, 3.63) is 36.1 Å². The largest absolute Gasteiger partial charge is 0.431 e. The van der Waals surface area contributed by atoms with Gasteiger partial charge in [0, 0.05) is 5.41 Å². The quantitative estimate of drug-likeness (QED) is 0.473. The van der Waals surface area contributed by atoms with E-state index >= 15 is 0 Å². The summed E-state index contributed by atoms with van der Waals surface area (Å²) in [5.74, 6) is 0.208. The Balaban J connectivity index is 1.89. The number of cyclic esters (lactones) is 1. The topological polar surface area (TPSA) is 66.8 Å². The lowest BCUT2D eigenvalue weighted by Crippen LogP contribution is -2.57. The summed E-state index contributed by atoms with van der Waals surface area (Å²) < 4.78 is 4.85. The van der Waals surface area contributed by atoms with Crippen LogP contribution in [0.5, 0.6) is 0 Å². The number of carbonyl (C=O) groups is 1. The molecule has 4 heteroatoms. The number of carbonyl (C=O) groups excluding carboxylic acids is 1. The number of hydrogen-bond donors (Lipinski definition) is 2. The monoisotopic (exact) mass is 332 g/mol. The summed E-state index contributed by atoms with van der Waals surface area (Å²) in [4.78, 5) is 11.6. The Morgan fingerprint density at radius 3 is 2.79 bits per heavy atom. The van der Waals surface area contributed by atoms with Gasteiger partial charge in [-0.25, -0.2) is 4.79 Å². The third-order valence-corrected chi connectivity index (χ3v) is 6.93. The minimum Gasteiger partial charge on any atom is -0.431 e. The van der Waals surface area contributed by atoms with Crippen molar-refractivity contribution in [2.24, 2.45) is 22.7 Å². The Labute approximate surface area is 143 Å². The van der Waals surface area contributed by atoms with Crippen LogP contribution in [0, 0.1) is 22.7 Å². The van der Waals surface area contributed by atoms with Crippen LogP contribution < -0.4 is 0 Å². The molecule has 0 unspecified atom stereocenters. The normalized spacial score (nSPS) is 43.8. The van der Waals surface area contributed by atoms with Crippen molar-refractivity contribution < 1.29 is 19.7 Å². The highest BCUT2D eigenvalue weighted by atomic mass is 16.5. The number of aliphatic hydroxyl groups is 2. The van der Waals surface area contributed by atoms with Gasteiger partial charge in [-0.3, -0.25) is 0 Å². The van der Waals surface area contributed by atoms with Gasteiger partial charge in [0.1, 0.15) is 0 Å². The van der Waals surface area contributed by atoms with Gasteiger partial charge in [0.2, 0.25) is 0 Å². The first-order chi connectivity index (χ1) is 11.3. The van der Waals surface area contributed by atoms with Crippen LogP contribution in [0.1, 0.15) is 46.0 Å². The zero-order valence-electron chi connectivity index (χ0n) is 14.6. The first-order valence-electron chi connectivity index (χ1n) is 8.87. The van der Waals surface area contributed by atoms with Crippen LogP contribution in [0.15, 0.2) is 36.1 Å². The van der Waals surface area contributed by atoms with Gasteiger partial charge in [-0.05, 0) is 55.4 Å². The molecule has 0 aromatic rings. The van der Waals surface area contributed by atoms with Crippen molar-refractivity contribution in [3.63, 3.8) is 0 Å². The van der Waals surface area contributed by atoms with Crippen molar-refractivity contribution in [2.75, 3.05) is 6.61 Å². The highest BCUT2D eigenvalue weighted by molar-refractivity contribution is 5.94. The molecule has 0 bridgehead atoms. The van der Waals surface area contributed by atoms with Crippen molar-refractivity contribution >= 4 is 5.97 Å². The summed E-state index contributed by atoms with van der Waals surface area (Å²) >= 11 is 0. The average Bonchev–Trinajstić information content (AvgIpc) is 2.96. The fraction of sp³-hybridized carbons (Fsp3) is 0.650. The van der Waals surface area contributed by atoms with E-state index in [1.165, 1.54) is 11.8 Å². The molecule has 2 fully saturated rings. The molecule has 0 saturated heterocycles. The fourth-order valence-corrected chi connectivity index (χ4v) is 5.34. The van der Waals surface area contributed by atoms with Gasteiger partial charge < -0.3 is 14.9 Å². The molecule has 0 aromatic heterocycles. The molecular weight excluding hydrogens is 304 g/mol. The van der Waals surface area contributed by atoms with Crippen molar-refractivity contribution in [1.29, 1.82) is 0 Å². The second kappa shape index (κ2) is 6.16. The first-order valence-corrected chi connectivity index (χ1v) is 8.87. The van der Waals surface area contributed by atoms with Crippen molar-refractivity contribution in [1.82, 2.24) is 0 Å². The van der Waals surface area contributed by atoms with E-state index in [2.05, 4.69) is 13.5 Å². The van der Waals surface area contributed by atoms with Crippen LogP contribution in [0.4, 0.5) is 0 Å². The lowest BCUT2D eigenvalue weighted by Gasteiger charge is -2.59. The molecule has 1 aliphatic heterocycles. The number of hydrogen-bond acceptors (Lipinski definition) is 4. The van der Waals surface area contributed by atoms with Crippen molar-refractivity contribution in [3.8, 4) is 0 Å². The molecule has 0 spiro atoms. The maximum Gasteiger partial charge on any atom is 0.342 e. The number of allylic oxidation sites excluding steroid dienone is 2. The van der Waals surface area contributed by atoms with E-state index < -0.39 is 11.5 Å². The van der Waals surface area contributed by atoms with Crippen LogP contribution in [0.3, 0.4) is 0 Å². The number of ether oxygens (including phenoxy) is 1. The van der Waals surface area contributed by atoms with Gasteiger partial charge in [0.25, 0.3) is 0 Å². The zero-order chi connectivity index (χ0) is 17.5. The summed E-state index contributed by atoms with van der Waals surface area (Å²) in [6.07, 6.45) is 8.86. The van der Waals surface area contributed by atoms with E-state index in [0.29, 0.717) is 12.0 Å². The molecule has 2 aliphatic carbocycles. The number of rotatable bonds is 3. The van der Waals surface area contributed by atoms with Crippen LogP contribution >= 0.6 is 0 Å². The molecule has 3 rings (SSSR count). The fourth-order valence-electron chi connectivity index (χ4n) is 5.34. The highest BCUT2D eigenvalue weighted by Gasteiger charge is 2.57. The Morgan fingerprint density at radius 1 is 1.42 bits per heavy atom. The molecule has 1 heterocycles. The molecule has 4 nitrogen and oxygen atoms in total. The van der Waals surface area contributed by atoms with Gasteiger partial charge in [0.15, 0.2) is 0 Å². The van der Waals surface area contributed by atoms with E-state index in [0.717, 1.165) is 25.7 Å². The lowest BCUT2D eigenvalue weighted by molar-refractivity contribution is -0.151. The molecule has 2 saturated carbocycles. The summed E-state index contributed by atoms with van der Waals surface area (Å²) in [7, 11) is 0. The molecule has 24 heavy (non-hydrogen) atoms. The van der Waals surface area contributed by atoms with Gasteiger partial charge in [0.05, 0.1) is 24.5 Å². The smallest absolute Gasteiger partial charge is 0.342 e. The lowest BCUT2D eigenvalue weighted by atomic mass is 9.46. The molecule has 2 N–H and O–H groups in total. The summed E-state index contributed by atoms with van der Waals surface area (Å²) in [5.41, 5.74) is 1.34. The Bertz CT molecular complexity index is 605. The molecule has 5 atom stereocenters. The predicted octanol–water partition coefficient (Wildman–Crippen LogP) is 3.12. The van der Waals surface area contributed by atoms with Crippen LogP contribution in [0.2, 0.25) is 0 Å². The Kier molecular flexibility index (Phi) is 4.47. The number of aliphatic hydroxyl groups excluding tert-OH is 2. The van der Waals surface area contributed by atoms with Gasteiger partial charge in [-0.1, -0.05) is 32.1 Å². The highest BCUT2D eigenvalue weighted by Crippen LogP contribution is 2.61. The zero-order valence-corrected chi connectivity index (χ0v) is 14.6. The Hall–Kier alpha value is -1.39. The van der Waals surface area contributed by atoms with Crippen LogP contribution in [-0.2, 0) is 9.53 Å². The van der Waals surface area contributed by atoms with E-state index in [1.54, 1.807) is 6.08 Å². The summed E-state index contributed by atoms with van der Waals surface area (Å²) in [6.45, 7) is 8.59. The van der Waals surface area contributed by atoms with Crippen LogP contribution in [-0.4, -0.2) is 28.9 Å². The van der Waals surface area contributed by atoms with Crippen LogP contribution in [0.25, 0.3) is 0 Å². The first kappa shape index (κ1) is 17.4. The molecule has 3 aliphatic rings.